The number of benzene rings is 2. The first-order valence-corrected chi connectivity index (χ1v) is 7.81. The van der Waals surface area contributed by atoms with E-state index in [1.165, 1.54) is 0 Å². The molecule has 0 saturated heterocycles. The number of carbonyl (C=O) groups excluding carboxylic acids is 2. The highest BCUT2D eigenvalue weighted by atomic mass is 79.9. The van der Waals surface area contributed by atoms with E-state index in [4.69, 9.17) is 11.6 Å². The van der Waals surface area contributed by atoms with E-state index >= 15 is 0 Å². The number of amides is 2. The lowest BCUT2D eigenvalue weighted by Crippen LogP contribution is -2.34. The molecule has 2 N–H and O–H groups in total. The van der Waals surface area contributed by atoms with Gasteiger partial charge in [0, 0.05) is 28.1 Å². The zero-order valence-electron chi connectivity index (χ0n) is 11.6. The van der Waals surface area contributed by atoms with Crippen LogP contribution in [0.15, 0.2) is 53.0 Å². The first-order valence-electron chi connectivity index (χ1n) is 6.64. The zero-order valence-corrected chi connectivity index (χ0v) is 13.9. The fourth-order valence-corrected chi connectivity index (χ4v) is 2.39. The summed E-state index contributed by atoms with van der Waals surface area (Å²) in [5.74, 6) is -0.389. The number of hydrogen-bond donors (Lipinski definition) is 2. The molecule has 0 radical (unpaired) electrons. The van der Waals surface area contributed by atoms with Gasteiger partial charge in [-0.15, -0.1) is 0 Å². The average molecular weight is 382 g/mol. The van der Waals surface area contributed by atoms with Crippen LogP contribution >= 0.6 is 27.5 Å². The summed E-state index contributed by atoms with van der Waals surface area (Å²) >= 11 is 9.09. The Morgan fingerprint density at radius 1 is 0.909 bits per heavy atom. The summed E-state index contributed by atoms with van der Waals surface area (Å²) in [6.45, 7) is 0.692. The van der Waals surface area contributed by atoms with Gasteiger partial charge in [0.15, 0.2) is 0 Å². The molecular formula is C16H14BrClN2O2. The lowest BCUT2D eigenvalue weighted by atomic mass is 10.2. The molecule has 0 aliphatic carbocycles. The molecule has 0 spiro atoms. The highest BCUT2D eigenvalue weighted by Gasteiger charge is 2.09. The van der Waals surface area contributed by atoms with Crippen LogP contribution in [0.3, 0.4) is 0 Å². The molecule has 4 nitrogen and oxygen atoms in total. The van der Waals surface area contributed by atoms with Crippen LogP contribution < -0.4 is 10.6 Å². The third-order valence-electron chi connectivity index (χ3n) is 2.92. The van der Waals surface area contributed by atoms with E-state index in [9.17, 15) is 9.59 Å². The van der Waals surface area contributed by atoms with E-state index in [1.807, 2.05) is 6.07 Å². The Balaban J connectivity index is 1.77. The van der Waals surface area contributed by atoms with Gasteiger partial charge in [-0.25, -0.2) is 0 Å². The van der Waals surface area contributed by atoms with Crippen LogP contribution in [0.25, 0.3) is 0 Å². The van der Waals surface area contributed by atoms with Crippen LogP contribution in [0.1, 0.15) is 20.7 Å². The molecule has 0 atom stereocenters. The van der Waals surface area contributed by atoms with Gasteiger partial charge in [0.2, 0.25) is 0 Å². The Kier molecular flexibility index (Phi) is 5.98. The minimum Gasteiger partial charge on any atom is -0.350 e. The van der Waals surface area contributed by atoms with Gasteiger partial charge in [-0.05, 0) is 52.3 Å². The molecule has 0 heterocycles. The Hall–Kier alpha value is -1.85. The van der Waals surface area contributed by atoms with Gasteiger partial charge in [-0.2, -0.15) is 0 Å². The Bertz CT molecular complexity index is 674. The van der Waals surface area contributed by atoms with Crippen molar-refractivity contribution in [3.05, 3.63) is 69.2 Å². The molecule has 0 aromatic heterocycles. The van der Waals surface area contributed by atoms with Gasteiger partial charge >= 0.3 is 0 Å². The van der Waals surface area contributed by atoms with E-state index in [0.29, 0.717) is 29.2 Å². The summed E-state index contributed by atoms with van der Waals surface area (Å²) in [5, 5.41) is 6.06. The van der Waals surface area contributed by atoms with Crippen LogP contribution in [0.5, 0.6) is 0 Å². The summed E-state index contributed by atoms with van der Waals surface area (Å²) in [5.41, 5.74) is 1.09. The van der Waals surface area contributed by atoms with Gasteiger partial charge in [0.25, 0.3) is 11.8 Å². The zero-order chi connectivity index (χ0) is 15.9. The summed E-state index contributed by atoms with van der Waals surface area (Å²) in [7, 11) is 0. The fraction of sp³-hybridized carbons (Fsp3) is 0.125. The Labute approximate surface area is 142 Å². The van der Waals surface area contributed by atoms with E-state index in [1.54, 1.807) is 42.5 Å². The van der Waals surface area contributed by atoms with Crippen LogP contribution in [-0.2, 0) is 0 Å². The molecule has 0 saturated carbocycles. The van der Waals surface area contributed by atoms with Gasteiger partial charge in [0.1, 0.15) is 0 Å². The largest absolute Gasteiger partial charge is 0.350 e. The van der Waals surface area contributed by atoms with E-state index < -0.39 is 0 Å². The van der Waals surface area contributed by atoms with Crippen LogP contribution in [0.4, 0.5) is 0 Å². The molecular weight excluding hydrogens is 368 g/mol. The van der Waals surface area contributed by atoms with E-state index in [2.05, 4.69) is 26.6 Å². The topological polar surface area (TPSA) is 58.2 Å². The van der Waals surface area contributed by atoms with Gasteiger partial charge in [0.05, 0.1) is 5.56 Å². The van der Waals surface area contributed by atoms with Crippen LogP contribution in [-0.4, -0.2) is 24.9 Å². The van der Waals surface area contributed by atoms with Crippen molar-refractivity contribution in [1.29, 1.82) is 0 Å². The molecule has 114 valence electrons. The first-order chi connectivity index (χ1) is 10.6. The summed E-state index contributed by atoms with van der Waals surface area (Å²) in [4.78, 5) is 23.8. The SMILES string of the molecule is O=C(NCCNC(=O)c1ccccc1Br)c1ccc(Cl)cc1. The number of nitrogens with one attached hydrogen (secondary N) is 2. The third-order valence-corrected chi connectivity index (χ3v) is 3.86. The second kappa shape index (κ2) is 7.96. The molecule has 0 bridgehead atoms. The van der Waals surface area contributed by atoms with Crippen molar-refractivity contribution in [1.82, 2.24) is 10.6 Å². The monoisotopic (exact) mass is 380 g/mol. The molecule has 6 heteroatoms. The number of halogens is 2. The predicted molar refractivity (Wildman–Crippen MR) is 90.3 cm³/mol. The maximum Gasteiger partial charge on any atom is 0.252 e. The normalized spacial score (nSPS) is 10.1. The van der Waals surface area contributed by atoms with Crippen molar-refractivity contribution in [2.75, 3.05) is 13.1 Å². The highest BCUT2D eigenvalue weighted by Crippen LogP contribution is 2.15. The second-order valence-corrected chi connectivity index (χ2v) is 5.79. The van der Waals surface area contributed by atoms with Crippen LogP contribution in [0.2, 0.25) is 5.02 Å². The molecule has 2 amide bonds. The summed E-state index contributed by atoms with van der Waals surface area (Å²) in [6.07, 6.45) is 0. The average Bonchev–Trinajstić information content (AvgIpc) is 2.52. The lowest BCUT2D eigenvalue weighted by Gasteiger charge is -2.08. The van der Waals surface area contributed by atoms with Crippen LogP contribution in [0, 0.1) is 0 Å². The molecule has 0 fully saturated rings. The fourth-order valence-electron chi connectivity index (χ4n) is 1.80. The Morgan fingerprint density at radius 3 is 2.14 bits per heavy atom. The second-order valence-electron chi connectivity index (χ2n) is 4.50. The lowest BCUT2D eigenvalue weighted by molar-refractivity contribution is 0.0927. The highest BCUT2D eigenvalue weighted by molar-refractivity contribution is 9.10. The maximum absolute atomic E-state index is 11.9. The number of carbonyl (C=O) groups is 2. The van der Waals surface area contributed by atoms with Gasteiger partial charge in [-0.3, -0.25) is 9.59 Å². The smallest absolute Gasteiger partial charge is 0.252 e. The van der Waals surface area contributed by atoms with Gasteiger partial charge in [-0.1, -0.05) is 23.7 Å². The number of rotatable bonds is 5. The number of hydrogen-bond acceptors (Lipinski definition) is 2. The van der Waals surface area contributed by atoms with Crippen molar-refractivity contribution in [3.63, 3.8) is 0 Å². The summed E-state index contributed by atoms with van der Waals surface area (Å²) in [6, 6.07) is 13.8. The van der Waals surface area contributed by atoms with Crippen molar-refractivity contribution in [2.45, 2.75) is 0 Å². The molecule has 2 aromatic carbocycles. The Morgan fingerprint density at radius 2 is 1.50 bits per heavy atom. The molecule has 22 heavy (non-hydrogen) atoms. The van der Waals surface area contributed by atoms with Crippen molar-refractivity contribution in [3.8, 4) is 0 Å². The third kappa shape index (κ3) is 4.58. The van der Waals surface area contributed by atoms with Gasteiger partial charge < -0.3 is 10.6 Å². The minimum absolute atomic E-state index is 0.187. The minimum atomic E-state index is -0.202. The van der Waals surface area contributed by atoms with E-state index in [0.717, 1.165) is 4.47 Å². The summed E-state index contributed by atoms with van der Waals surface area (Å²) < 4.78 is 0.734. The molecule has 0 aliphatic rings. The molecule has 2 rings (SSSR count). The molecule has 0 aliphatic heterocycles. The first kappa shape index (κ1) is 16.5. The molecule has 0 unspecified atom stereocenters. The molecule has 2 aromatic rings. The van der Waals surface area contributed by atoms with Crippen molar-refractivity contribution in [2.24, 2.45) is 0 Å². The van der Waals surface area contributed by atoms with Crippen molar-refractivity contribution >= 4 is 39.3 Å². The van der Waals surface area contributed by atoms with Crippen molar-refractivity contribution < 1.29 is 9.59 Å². The quantitative estimate of drug-likeness (QED) is 0.781. The predicted octanol–water partition coefficient (Wildman–Crippen LogP) is 3.26. The maximum atomic E-state index is 11.9. The standard InChI is InChI=1S/C16H14BrClN2O2/c17-14-4-2-1-3-13(14)16(22)20-10-9-19-15(21)11-5-7-12(18)8-6-11/h1-8H,9-10H2,(H,19,21)(H,20,22). The van der Waals surface area contributed by atoms with E-state index in [-0.39, 0.29) is 11.8 Å².